The van der Waals surface area contributed by atoms with E-state index in [0.29, 0.717) is 25.1 Å². The fourth-order valence-electron chi connectivity index (χ4n) is 3.81. The molecule has 1 fully saturated rings. The minimum absolute atomic E-state index is 0.0721. The lowest BCUT2D eigenvalue weighted by molar-refractivity contribution is 0.0706. The zero-order valence-corrected chi connectivity index (χ0v) is 16.0. The van der Waals surface area contributed by atoms with Crippen LogP contribution in [-0.4, -0.2) is 28.9 Å². The van der Waals surface area contributed by atoms with Gasteiger partial charge in [-0.3, -0.25) is 9.78 Å². The molecule has 3 aromatic rings. The van der Waals surface area contributed by atoms with Crippen LogP contribution in [0.15, 0.2) is 66.7 Å². The Hall–Kier alpha value is -3.08. The number of pyridine rings is 1. The highest BCUT2D eigenvalue weighted by Gasteiger charge is 2.26. The zero-order valence-electron chi connectivity index (χ0n) is 16.0. The van der Waals surface area contributed by atoms with Gasteiger partial charge in [-0.05, 0) is 66.9 Å². The topological polar surface area (TPSA) is 33.2 Å². The van der Waals surface area contributed by atoms with Gasteiger partial charge in [-0.1, -0.05) is 18.2 Å². The molecule has 1 saturated heterocycles. The monoisotopic (exact) mass is 392 g/mol. The highest BCUT2D eigenvalue weighted by Crippen LogP contribution is 2.27. The highest BCUT2D eigenvalue weighted by atomic mass is 19.1. The van der Waals surface area contributed by atoms with Crippen LogP contribution >= 0.6 is 0 Å². The maximum atomic E-state index is 13.1. The molecule has 3 nitrogen and oxygen atoms in total. The van der Waals surface area contributed by atoms with Gasteiger partial charge >= 0.3 is 0 Å². The number of aromatic nitrogens is 1. The molecule has 148 valence electrons. The molecule has 0 spiro atoms. The van der Waals surface area contributed by atoms with Crippen molar-refractivity contribution < 1.29 is 13.6 Å². The summed E-state index contributed by atoms with van der Waals surface area (Å²) >= 11 is 0. The minimum Gasteiger partial charge on any atom is -0.338 e. The van der Waals surface area contributed by atoms with Crippen LogP contribution in [0.2, 0.25) is 0 Å². The smallest absolute Gasteiger partial charge is 0.253 e. The quantitative estimate of drug-likeness (QED) is 0.628. The van der Waals surface area contributed by atoms with Crippen LogP contribution in [0.3, 0.4) is 0 Å². The van der Waals surface area contributed by atoms with E-state index in [1.54, 1.807) is 12.1 Å². The number of nitrogens with zero attached hydrogens (tertiary/aromatic N) is 2. The predicted octanol–water partition coefficient (Wildman–Crippen LogP) is 4.97. The van der Waals surface area contributed by atoms with Crippen molar-refractivity contribution >= 4 is 5.91 Å². The summed E-state index contributed by atoms with van der Waals surface area (Å²) in [4.78, 5) is 19.4. The van der Waals surface area contributed by atoms with Crippen molar-refractivity contribution in [2.75, 3.05) is 13.1 Å². The predicted molar refractivity (Wildman–Crippen MR) is 108 cm³/mol. The molecule has 0 bridgehead atoms. The van der Waals surface area contributed by atoms with Crippen LogP contribution in [0.4, 0.5) is 8.78 Å². The number of carbonyl (C=O) groups excluding carboxylic acids is 1. The molecule has 4 rings (SSSR count). The first-order valence-corrected chi connectivity index (χ1v) is 9.83. The van der Waals surface area contributed by atoms with Crippen LogP contribution < -0.4 is 0 Å². The van der Waals surface area contributed by atoms with E-state index in [1.807, 2.05) is 23.1 Å². The summed E-state index contributed by atoms with van der Waals surface area (Å²) in [6, 6.07) is 18.1. The third kappa shape index (κ3) is 4.67. The molecule has 1 aliphatic rings. The molecule has 2 heterocycles. The van der Waals surface area contributed by atoms with Crippen molar-refractivity contribution in [3.63, 3.8) is 0 Å². The highest BCUT2D eigenvalue weighted by molar-refractivity contribution is 5.94. The summed E-state index contributed by atoms with van der Waals surface area (Å²) in [5.74, 6) is -0.498. The summed E-state index contributed by atoms with van der Waals surface area (Å²) in [6.07, 6.45) is 2.51. The van der Waals surface area contributed by atoms with E-state index in [-0.39, 0.29) is 23.5 Å². The molecule has 1 unspecified atom stereocenters. The van der Waals surface area contributed by atoms with Gasteiger partial charge in [0.05, 0.1) is 0 Å². The lowest BCUT2D eigenvalue weighted by atomic mass is 9.93. The molecule has 1 amide bonds. The number of piperidine rings is 1. The van der Waals surface area contributed by atoms with Crippen molar-refractivity contribution in [3.8, 4) is 0 Å². The van der Waals surface area contributed by atoms with E-state index >= 15 is 0 Å². The first kappa shape index (κ1) is 19.2. The third-order valence-electron chi connectivity index (χ3n) is 5.34. The molecule has 0 radical (unpaired) electrons. The number of amides is 1. The Morgan fingerprint density at radius 2 is 1.66 bits per heavy atom. The Labute approximate surface area is 169 Å². The summed E-state index contributed by atoms with van der Waals surface area (Å²) < 4.78 is 26.2. The molecule has 0 saturated carbocycles. The maximum Gasteiger partial charge on any atom is 0.253 e. The van der Waals surface area contributed by atoms with Crippen molar-refractivity contribution in [1.82, 2.24) is 9.88 Å². The standard InChI is InChI=1S/C24H22F2N2O/c25-20-10-6-17(7-11-20)15-22-4-1-5-23(27-22)19-3-2-14-28(16-19)24(29)18-8-12-21(26)13-9-18/h1,4-13,19H,2-3,14-16H2. The summed E-state index contributed by atoms with van der Waals surface area (Å²) in [5.41, 5.74) is 3.41. The Morgan fingerprint density at radius 3 is 2.38 bits per heavy atom. The fraction of sp³-hybridized carbons (Fsp3) is 0.250. The van der Waals surface area contributed by atoms with Gasteiger partial charge in [-0.2, -0.15) is 0 Å². The van der Waals surface area contributed by atoms with Crippen LogP contribution in [0.5, 0.6) is 0 Å². The van der Waals surface area contributed by atoms with Crippen molar-refractivity contribution in [2.24, 2.45) is 0 Å². The van der Waals surface area contributed by atoms with E-state index in [4.69, 9.17) is 4.98 Å². The molecule has 29 heavy (non-hydrogen) atoms. The molecule has 1 aromatic heterocycles. The molecular formula is C24H22F2N2O. The Balaban J connectivity index is 1.47. The van der Waals surface area contributed by atoms with Gasteiger partial charge in [0.25, 0.3) is 5.91 Å². The van der Waals surface area contributed by atoms with Crippen molar-refractivity contribution in [3.05, 3.63) is 101 Å². The fourth-order valence-corrected chi connectivity index (χ4v) is 3.81. The van der Waals surface area contributed by atoms with Crippen LogP contribution in [-0.2, 0) is 6.42 Å². The third-order valence-corrected chi connectivity index (χ3v) is 5.34. The van der Waals surface area contributed by atoms with E-state index < -0.39 is 0 Å². The first-order chi connectivity index (χ1) is 14.1. The normalized spacial score (nSPS) is 16.6. The maximum absolute atomic E-state index is 13.1. The van der Waals surface area contributed by atoms with E-state index in [1.165, 1.54) is 36.4 Å². The summed E-state index contributed by atoms with van der Waals surface area (Å²) in [7, 11) is 0. The van der Waals surface area contributed by atoms with Crippen LogP contribution in [0, 0.1) is 11.6 Å². The van der Waals surface area contributed by atoms with E-state index in [9.17, 15) is 13.6 Å². The number of hydrogen-bond acceptors (Lipinski definition) is 2. The van der Waals surface area contributed by atoms with Gasteiger partial charge in [-0.25, -0.2) is 8.78 Å². The minimum atomic E-state index is -0.347. The molecule has 0 aliphatic carbocycles. The van der Waals surface area contributed by atoms with E-state index in [2.05, 4.69) is 0 Å². The average molecular weight is 392 g/mol. The Bertz CT molecular complexity index is 987. The largest absolute Gasteiger partial charge is 0.338 e. The average Bonchev–Trinajstić information content (AvgIpc) is 2.76. The molecule has 1 aliphatic heterocycles. The number of carbonyl (C=O) groups is 1. The number of rotatable bonds is 4. The number of halogens is 2. The Morgan fingerprint density at radius 1 is 0.966 bits per heavy atom. The summed E-state index contributed by atoms with van der Waals surface area (Å²) in [5, 5.41) is 0. The lowest BCUT2D eigenvalue weighted by Gasteiger charge is -2.32. The first-order valence-electron chi connectivity index (χ1n) is 9.83. The van der Waals surface area contributed by atoms with Crippen molar-refractivity contribution in [2.45, 2.75) is 25.2 Å². The van der Waals surface area contributed by atoms with Gasteiger partial charge in [0.1, 0.15) is 11.6 Å². The lowest BCUT2D eigenvalue weighted by Crippen LogP contribution is -2.39. The van der Waals surface area contributed by atoms with Gasteiger partial charge in [0.2, 0.25) is 0 Å². The van der Waals surface area contributed by atoms with Gasteiger partial charge in [0, 0.05) is 42.4 Å². The van der Waals surface area contributed by atoms with Gasteiger partial charge in [0.15, 0.2) is 0 Å². The number of hydrogen-bond donors (Lipinski definition) is 0. The molecule has 1 atom stereocenters. The van der Waals surface area contributed by atoms with Gasteiger partial charge in [-0.15, -0.1) is 0 Å². The summed E-state index contributed by atoms with van der Waals surface area (Å²) in [6.45, 7) is 1.30. The van der Waals surface area contributed by atoms with Crippen LogP contribution in [0.1, 0.15) is 46.1 Å². The molecule has 2 aromatic carbocycles. The number of likely N-dealkylation sites (tertiary alicyclic amines) is 1. The zero-order chi connectivity index (χ0) is 20.2. The van der Waals surface area contributed by atoms with Gasteiger partial charge < -0.3 is 4.90 Å². The Kier molecular flexibility index (Phi) is 5.65. The SMILES string of the molecule is O=C(c1ccc(F)cc1)N1CCCC(c2cccc(Cc3ccc(F)cc3)n2)C1. The van der Waals surface area contributed by atoms with Crippen LogP contribution in [0.25, 0.3) is 0 Å². The van der Waals surface area contributed by atoms with Crippen molar-refractivity contribution in [1.29, 1.82) is 0 Å². The molecule has 5 heteroatoms. The second-order valence-electron chi connectivity index (χ2n) is 7.45. The molecular weight excluding hydrogens is 370 g/mol. The second kappa shape index (κ2) is 8.52. The second-order valence-corrected chi connectivity index (χ2v) is 7.45. The van der Waals surface area contributed by atoms with E-state index in [0.717, 1.165) is 29.8 Å². The number of benzene rings is 2. The molecule has 0 N–H and O–H groups in total.